The largest absolute Gasteiger partial charge is 0.369 e. The number of rotatable bonds is 4. The van der Waals surface area contributed by atoms with Gasteiger partial charge in [-0.3, -0.25) is 4.79 Å². The molecular formula is C10H12F2N2O. The Bertz CT molecular complexity index is 368. The molecule has 0 bridgehead atoms. The molecule has 0 radical (unpaired) electrons. The molecule has 1 aromatic carbocycles. The Labute approximate surface area is 86.1 Å². The Morgan fingerprint density at radius 2 is 2.00 bits per heavy atom. The van der Waals surface area contributed by atoms with E-state index < -0.39 is 23.5 Å². The summed E-state index contributed by atoms with van der Waals surface area (Å²) in [6.07, 6.45) is 0.225. The standard InChI is InChI=1S/C10H12F2N2O/c11-8-2-1-6(4-9(8)12)3-7(5-13)10(14)15/h1-2,4,7H,3,5,13H2,(H2,14,15)/t7-/m0/s1. The average molecular weight is 214 g/mol. The zero-order chi connectivity index (χ0) is 11.4. The third-order valence-electron chi connectivity index (χ3n) is 2.15. The predicted octanol–water partition coefficient (Wildman–Crippen LogP) is 0.567. The second-order valence-electron chi connectivity index (χ2n) is 3.29. The number of amides is 1. The molecular weight excluding hydrogens is 202 g/mol. The van der Waals surface area contributed by atoms with Crippen molar-refractivity contribution in [1.82, 2.24) is 0 Å². The summed E-state index contributed by atoms with van der Waals surface area (Å²) in [5, 5.41) is 0. The van der Waals surface area contributed by atoms with E-state index in [1.165, 1.54) is 6.07 Å². The molecule has 0 aliphatic carbocycles. The Hall–Kier alpha value is -1.49. The van der Waals surface area contributed by atoms with Crippen LogP contribution in [0.2, 0.25) is 0 Å². The topological polar surface area (TPSA) is 69.1 Å². The Morgan fingerprint density at radius 3 is 2.47 bits per heavy atom. The highest BCUT2D eigenvalue weighted by Crippen LogP contribution is 2.12. The number of carbonyl (C=O) groups is 1. The van der Waals surface area contributed by atoms with E-state index in [2.05, 4.69) is 0 Å². The third-order valence-corrected chi connectivity index (χ3v) is 2.15. The fourth-order valence-corrected chi connectivity index (χ4v) is 1.25. The van der Waals surface area contributed by atoms with Crippen LogP contribution < -0.4 is 11.5 Å². The maximum absolute atomic E-state index is 12.8. The number of nitrogens with two attached hydrogens (primary N) is 2. The van der Waals surface area contributed by atoms with Gasteiger partial charge in [0.05, 0.1) is 5.92 Å². The van der Waals surface area contributed by atoms with E-state index in [1.54, 1.807) is 0 Å². The van der Waals surface area contributed by atoms with Gasteiger partial charge in [-0.05, 0) is 24.1 Å². The summed E-state index contributed by atoms with van der Waals surface area (Å²) in [5.74, 6) is -2.94. The molecule has 0 aliphatic heterocycles. The van der Waals surface area contributed by atoms with E-state index in [-0.39, 0.29) is 13.0 Å². The van der Waals surface area contributed by atoms with Crippen molar-refractivity contribution in [1.29, 1.82) is 0 Å². The van der Waals surface area contributed by atoms with Crippen molar-refractivity contribution in [2.45, 2.75) is 6.42 Å². The molecule has 1 atom stereocenters. The first-order valence-corrected chi connectivity index (χ1v) is 4.48. The van der Waals surface area contributed by atoms with Crippen LogP contribution in [0.25, 0.3) is 0 Å². The second kappa shape index (κ2) is 4.84. The minimum atomic E-state index is -0.937. The number of carbonyl (C=O) groups excluding carboxylic acids is 1. The molecule has 0 saturated carbocycles. The number of benzene rings is 1. The zero-order valence-electron chi connectivity index (χ0n) is 8.04. The summed E-state index contributed by atoms with van der Waals surface area (Å²) in [5.41, 5.74) is 10.9. The SMILES string of the molecule is NC[C@H](Cc1ccc(F)c(F)c1)C(N)=O. The molecule has 0 spiro atoms. The molecule has 0 aliphatic rings. The molecule has 0 fully saturated rings. The van der Waals surface area contributed by atoms with Crippen molar-refractivity contribution < 1.29 is 13.6 Å². The van der Waals surface area contributed by atoms with Crippen molar-refractivity contribution in [3.63, 3.8) is 0 Å². The normalized spacial score (nSPS) is 12.5. The molecule has 1 rings (SSSR count). The fraction of sp³-hybridized carbons (Fsp3) is 0.300. The van der Waals surface area contributed by atoms with Gasteiger partial charge < -0.3 is 11.5 Å². The number of hydrogen-bond acceptors (Lipinski definition) is 2. The summed E-state index contributed by atoms with van der Waals surface area (Å²) >= 11 is 0. The summed E-state index contributed by atoms with van der Waals surface area (Å²) in [4.78, 5) is 10.9. The van der Waals surface area contributed by atoms with Crippen molar-refractivity contribution >= 4 is 5.91 Å². The van der Waals surface area contributed by atoms with Crippen molar-refractivity contribution in [3.05, 3.63) is 35.4 Å². The van der Waals surface area contributed by atoms with Gasteiger partial charge in [-0.1, -0.05) is 6.07 Å². The number of halogens is 2. The first-order valence-electron chi connectivity index (χ1n) is 4.48. The quantitative estimate of drug-likeness (QED) is 0.769. The van der Waals surface area contributed by atoms with Gasteiger partial charge in [-0.25, -0.2) is 8.78 Å². The van der Waals surface area contributed by atoms with Crippen LogP contribution in [0.15, 0.2) is 18.2 Å². The maximum atomic E-state index is 12.8. The molecule has 5 heteroatoms. The highest BCUT2D eigenvalue weighted by molar-refractivity contribution is 5.77. The molecule has 1 aromatic rings. The molecule has 15 heavy (non-hydrogen) atoms. The van der Waals surface area contributed by atoms with Crippen LogP contribution in [0, 0.1) is 17.6 Å². The smallest absolute Gasteiger partial charge is 0.222 e. The van der Waals surface area contributed by atoms with Crippen molar-refractivity contribution in [2.24, 2.45) is 17.4 Å². The first kappa shape index (κ1) is 11.6. The predicted molar refractivity (Wildman–Crippen MR) is 51.8 cm³/mol. The van der Waals surface area contributed by atoms with Crippen LogP contribution in [0.5, 0.6) is 0 Å². The van der Waals surface area contributed by atoms with E-state index in [0.29, 0.717) is 5.56 Å². The monoisotopic (exact) mass is 214 g/mol. The fourth-order valence-electron chi connectivity index (χ4n) is 1.25. The summed E-state index contributed by atoms with van der Waals surface area (Å²) < 4.78 is 25.4. The Kier molecular flexibility index (Phi) is 3.74. The lowest BCUT2D eigenvalue weighted by Crippen LogP contribution is -2.31. The van der Waals surface area contributed by atoms with Crippen LogP contribution in [0.1, 0.15) is 5.56 Å². The maximum Gasteiger partial charge on any atom is 0.222 e. The number of primary amides is 1. The van der Waals surface area contributed by atoms with E-state index in [1.807, 2.05) is 0 Å². The minimum Gasteiger partial charge on any atom is -0.369 e. The lowest BCUT2D eigenvalue weighted by atomic mass is 9.99. The van der Waals surface area contributed by atoms with Gasteiger partial charge in [0, 0.05) is 6.54 Å². The van der Waals surface area contributed by atoms with Crippen LogP contribution in [0.4, 0.5) is 8.78 Å². The summed E-state index contributed by atoms with van der Waals surface area (Å²) in [7, 11) is 0. The molecule has 4 N–H and O–H groups in total. The second-order valence-corrected chi connectivity index (χ2v) is 3.29. The molecule has 0 unspecified atom stereocenters. The summed E-state index contributed by atoms with van der Waals surface area (Å²) in [6, 6.07) is 3.46. The third kappa shape index (κ3) is 2.99. The van der Waals surface area contributed by atoms with Crippen molar-refractivity contribution in [2.75, 3.05) is 6.54 Å². The lowest BCUT2D eigenvalue weighted by molar-refractivity contribution is -0.121. The van der Waals surface area contributed by atoms with Gasteiger partial charge in [0.25, 0.3) is 0 Å². The van der Waals surface area contributed by atoms with Gasteiger partial charge >= 0.3 is 0 Å². The lowest BCUT2D eigenvalue weighted by Gasteiger charge is -2.10. The van der Waals surface area contributed by atoms with Crippen molar-refractivity contribution in [3.8, 4) is 0 Å². The van der Waals surface area contributed by atoms with Gasteiger partial charge in [0.1, 0.15) is 0 Å². The first-order chi connectivity index (χ1) is 7.04. The molecule has 1 amide bonds. The van der Waals surface area contributed by atoms with Crippen LogP contribution in [-0.4, -0.2) is 12.5 Å². The average Bonchev–Trinajstić information content (AvgIpc) is 2.19. The minimum absolute atomic E-state index is 0.0916. The molecule has 0 aromatic heterocycles. The van der Waals surface area contributed by atoms with E-state index >= 15 is 0 Å². The molecule has 0 saturated heterocycles. The molecule has 0 heterocycles. The van der Waals surface area contributed by atoms with E-state index in [9.17, 15) is 13.6 Å². The van der Waals surface area contributed by atoms with Gasteiger partial charge in [0.15, 0.2) is 11.6 Å². The van der Waals surface area contributed by atoms with Crippen LogP contribution in [-0.2, 0) is 11.2 Å². The zero-order valence-corrected chi connectivity index (χ0v) is 8.04. The molecule has 3 nitrogen and oxygen atoms in total. The van der Waals surface area contributed by atoms with Crippen LogP contribution >= 0.6 is 0 Å². The van der Waals surface area contributed by atoms with E-state index in [0.717, 1.165) is 12.1 Å². The van der Waals surface area contributed by atoms with Gasteiger partial charge in [-0.15, -0.1) is 0 Å². The highest BCUT2D eigenvalue weighted by atomic mass is 19.2. The Balaban J connectivity index is 2.80. The number of hydrogen-bond donors (Lipinski definition) is 2. The summed E-state index contributed by atoms with van der Waals surface area (Å²) in [6.45, 7) is 0.0916. The highest BCUT2D eigenvalue weighted by Gasteiger charge is 2.14. The Morgan fingerprint density at radius 1 is 1.33 bits per heavy atom. The van der Waals surface area contributed by atoms with Gasteiger partial charge in [0.2, 0.25) is 5.91 Å². The molecule has 82 valence electrons. The van der Waals surface area contributed by atoms with Gasteiger partial charge in [-0.2, -0.15) is 0 Å². The van der Waals surface area contributed by atoms with E-state index in [4.69, 9.17) is 11.5 Å². The van der Waals surface area contributed by atoms with Crippen LogP contribution in [0.3, 0.4) is 0 Å².